The minimum atomic E-state index is 0.574. The number of nitrogens with zero attached hydrogens (tertiary/aromatic N) is 2. The monoisotopic (exact) mass is 820 g/mol. The molecule has 2 heteroatoms. The molecule has 306 valence electrons. The first-order valence-corrected chi connectivity index (χ1v) is 23.0. The lowest BCUT2D eigenvalue weighted by atomic mass is 9.80. The third-order valence-corrected chi connectivity index (χ3v) is 13.8. The molecule has 0 bridgehead atoms. The van der Waals surface area contributed by atoms with Gasteiger partial charge in [0, 0.05) is 33.3 Å². The van der Waals surface area contributed by atoms with Gasteiger partial charge in [0.1, 0.15) is 0 Å². The van der Waals surface area contributed by atoms with Crippen LogP contribution in [-0.4, -0.2) is 4.57 Å². The van der Waals surface area contributed by atoms with Crippen molar-refractivity contribution in [2.24, 2.45) is 0 Å². The van der Waals surface area contributed by atoms with E-state index >= 15 is 0 Å². The molecule has 1 saturated carbocycles. The van der Waals surface area contributed by atoms with Gasteiger partial charge in [0.2, 0.25) is 0 Å². The first-order valence-electron chi connectivity index (χ1n) is 23.0. The van der Waals surface area contributed by atoms with Gasteiger partial charge in [-0.3, -0.25) is 0 Å². The summed E-state index contributed by atoms with van der Waals surface area (Å²) in [7, 11) is 0. The van der Waals surface area contributed by atoms with Gasteiger partial charge in [0.05, 0.1) is 22.4 Å². The Labute approximate surface area is 375 Å². The fourth-order valence-electron chi connectivity index (χ4n) is 10.8. The molecule has 0 atom stereocenters. The molecule has 0 amide bonds. The van der Waals surface area contributed by atoms with E-state index in [1.165, 1.54) is 120 Å². The Morgan fingerprint density at radius 2 is 0.953 bits per heavy atom. The molecule has 64 heavy (non-hydrogen) atoms. The number of benzene rings is 10. The predicted molar refractivity (Wildman–Crippen MR) is 273 cm³/mol. The molecule has 1 aliphatic rings. The minimum Gasteiger partial charge on any atom is -0.309 e. The Hall–Kier alpha value is -7.68. The molecule has 1 heterocycles. The van der Waals surface area contributed by atoms with Gasteiger partial charge in [-0.15, -0.1) is 0 Å². The number of hydrogen-bond donors (Lipinski definition) is 0. The molecule has 0 unspecified atom stereocenters. The average molecular weight is 821 g/mol. The summed E-state index contributed by atoms with van der Waals surface area (Å²) in [5.74, 6) is 0.574. The van der Waals surface area contributed by atoms with Crippen LogP contribution in [0.15, 0.2) is 224 Å². The Kier molecular flexibility index (Phi) is 9.64. The Morgan fingerprint density at radius 1 is 0.375 bits per heavy atom. The molecule has 2 nitrogen and oxygen atoms in total. The largest absolute Gasteiger partial charge is 0.309 e. The van der Waals surface area contributed by atoms with Crippen molar-refractivity contribution >= 4 is 60.4 Å². The molecule has 11 aromatic rings. The van der Waals surface area contributed by atoms with Crippen LogP contribution in [0, 0.1) is 0 Å². The first kappa shape index (κ1) is 38.0. The SMILES string of the molecule is c1ccc(-n2c3ccccc3c3cc(-c4cccc(N(c5ccccc5-c5cccc6ccccc56)c5ccccc5-c5cccc6cccc(C7CCCCC7)c56)c4)ccc32)cc1. The fourth-order valence-corrected chi connectivity index (χ4v) is 10.8. The van der Waals surface area contributed by atoms with Gasteiger partial charge in [0.15, 0.2) is 0 Å². The molecular weight excluding hydrogens is 773 g/mol. The van der Waals surface area contributed by atoms with Crippen LogP contribution in [0.5, 0.6) is 0 Å². The van der Waals surface area contributed by atoms with Gasteiger partial charge in [-0.05, 0) is 123 Å². The van der Waals surface area contributed by atoms with E-state index in [1.807, 2.05) is 0 Å². The lowest BCUT2D eigenvalue weighted by Gasteiger charge is -2.31. The predicted octanol–water partition coefficient (Wildman–Crippen LogP) is 17.6. The fraction of sp³-hybridized carbons (Fsp3) is 0.0968. The molecule has 12 rings (SSSR count). The molecule has 10 aromatic carbocycles. The third-order valence-electron chi connectivity index (χ3n) is 13.8. The highest BCUT2D eigenvalue weighted by Gasteiger charge is 2.25. The quantitative estimate of drug-likeness (QED) is 0.148. The topological polar surface area (TPSA) is 8.17 Å². The van der Waals surface area contributed by atoms with Gasteiger partial charge >= 0.3 is 0 Å². The first-order chi connectivity index (χ1) is 31.8. The van der Waals surface area contributed by atoms with Gasteiger partial charge in [-0.1, -0.05) is 189 Å². The second-order valence-corrected chi connectivity index (χ2v) is 17.5. The zero-order valence-electron chi connectivity index (χ0n) is 35.9. The van der Waals surface area contributed by atoms with Crippen LogP contribution in [-0.2, 0) is 0 Å². The zero-order valence-corrected chi connectivity index (χ0v) is 35.9. The van der Waals surface area contributed by atoms with Crippen LogP contribution in [0.25, 0.3) is 82.4 Å². The van der Waals surface area contributed by atoms with Crippen molar-refractivity contribution in [1.29, 1.82) is 0 Å². The summed E-state index contributed by atoms with van der Waals surface area (Å²) in [5.41, 5.74) is 15.8. The lowest BCUT2D eigenvalue weighted by Crippen LogP contribution is -2.13. The summed E-state index contributed by atoms with van der Waals surface area (Å²) >= 11 is 0. The highest BCUT2D eigenvalue weighted by molar-refractivity contribution is 6.11. The van der Waals surface area contributed by atoms with Crippen molar-refractivity contribution in [3.05, 3.63) is 230 Å². The summed E-state index contributed by atoms with van der Waals surface area (Å²) in [4.78, 5) is 2.53. The van der Waals surface area contributed by atoms with E-state index in [0.717, 1.165) is 17.1 Å². The van der Waals surface area contributed by atoms with E-state index in [0.29, 0.717) is 5.92 Å². The van der Waals surface area contributed by atoms with Gasteiger partial charge in [-0.2, -0.15) is 0 Å². The molecule has 1 fully saturated rings. The smallest absolute Gasteiger partial charge is 0.0541 e. The van der Waals surface area contributed by atoms with E-state index < -0.39 is 0 Å². The van der Waals surface area contributed by atoms with Crippen LogP contribution in [0.3, 0.4) is 0 Å². The maximum Gasteiger partial charge on any atom is 0.0541 e. The molecular formula is C62H48N2. The number of anilines is 3. The van der Waals surface area contributed by atoms with Crippen molar-refractivity contribution in [2.75, 3.05) is 4.90 Å². The van der Waals surface area contributed by atoms with Crippen molar-refractivity contribution in [2.45, 2.75) is 38.0 Å². The van der Waals surface area contributed by atoms with Crippen LogP contribution < -0.4 is 4.90 Å². The Morgan fingerprint density at radius 3 is 1.77 bits per heavy atom. The highest BCUT2D eigenvalue weighted by Crippen LogP contribution is 2.49. The van der Waals surface area contributed by atoms with E-state index in [1.54, 1.807) is 0 Å². The summed E-state index contributed by atoms with van der Waals surface area (Å²) in [6, 6.07) is 83.1. The van der Waals surface area contributed by atoms with Gasteiger partial charge in [0.25, 0.3) is 0 Å². The number of aromatic nitrogens is 1. The third kappa shape index (κ3) is 6.57. The number of rotatable bonds is 8. The van der Waals surface area contributed by atoms with Gasteiger partial charge in [-0.25, -0.2) is 0 Å². The van der Waals surface area contributed by atoms with Gasteiger partial charge < -0.3 is 9.47 Å². The maximum absolute atomic E-state index is 2.53. The average Bonchev–Trinajstić information content (AvgIpc) is 3.70. The molecule has 0 saturated heterocycles. The summed E-state index contributed by atoms with van der Waals surface area (Å²) in [5, 5.41) is 7.68. The molecule has 0 spiro atoms. The summed E-state index contributed by atoms with van der Waals surface area (Å²) < 4.78 is 2.39. The Bertz CT molecular complexity index is 3490. The number of hydrogen-bond acceptors (Lipinski definition) is 1. The van der Waals surface area contributed by atoms with E-state index in [9.17, 15) is 0 Å². The van der Waals surface area contributed by atoms with Crippen LogP contribution in [0.4, 0.5) is 17.1 Å². The van der Waals surface area contributed by atoms with Crippen LogP contribution in [0.1, 0.15) is 43.6 Å². The molecule has 0 aliphatic heterocycles. The second kappa shape index (κ2) is 16.2. The van der Waals surface area contributed by atoms with Crippen molar-refractivity contribution < 1.29 is 0 Å². The number of para-hydroxylation sites is 4. The summed E-state index contributed by atoms with van der Waals surface area (Å²) in [6.07, 6.45) is 6.45. The minimum absolute atomic E-state index is 0.574. The maximum atomic E-state index is 2.53. The highest BCUT2D eigenvalue weighted by atomic mass is 15.1. The molecule has 0 N–H and O–H groups in total. The van der Waals surface area contributed by atoms with Crippen molar-refractivity contribution in [1.82, 2.24) is 4.57 Å². The molecule has 1 aliphatic carbocycles. The van der Waals surface area contributed by atoms with E-state index in [4.69, 9.17) is 0 Å². The Balaban J connectivity index is 1.08. The lowest BCUT2D eigenvalue weighted by molar-refractivity contribution is 0.445. The standard InChI is InChI=1S/C62H48N2/c1-3-19-44(20-4-1)51-33-17-23-45-24-18-35-56(62(45)51)54-31-10-13-37-59(54)64(58-36-12-9-30-53(58)52-34-16-22-43-21-7-8-29-50(43)52)49-28-15-25-46(41-49)47-39-40-61-57(42-47)55-32-11-14-38-60(55)63(61)48-26-5-2-6-27-48/h2,5-18,21-42,44H,1,3-4,19-20H2. The van der Waals surface area contributed by atoms with Crippen LogP contribution >= 0.6 is 0 Å². The van der Waals surface area contributed by atoms with Crippen molar-refractivity contribution in [3.63, 3.8) is 0 Å². The van der Waals surface area contributed by atoms with Crippen molar-refractivity contribution in [3.8, 4) is 39.1 Å². The normalized spacial score (nSPS) is 13.2. The molecule has 1 aromatic heterocycles. The second-order valence-electron chi connectivity index (χ2n) is 17.5. The summed E-state index contributed by atoms with van der Waals surface area (Å²) in [6.45, 7) is 0. The number of fused-ring (bicyclic) bond motifs is 5. The molecule has 0 radical (unpaired) electrons. The zero-order chi connectivity index (χ0) is 42.4. The van der Waals surface area contributed by atoms with Crippen LogP contribution in [0.2, 0.25) is 0 Å². The van der Waals surface area contributed by atoms with E-state index in [2.05, 4.69) is 234 Å². The van der Waals surface area contributed by atoms with E-state index in [-0.39, 0.29) is 0 Å².